The fourth-order valence-electron chi connectivity index (χ4n) is 0.533. The van der Waals surface area contributed by atoms with E-state index in [-0.39, 0.29) is 0 Å². The number of alkyl halides is 6. The first-order valence-electron chi connectivity index (χ1n) is 3.26. The molecular weight excluding hydrogens is 304 g/mol. The largest absolute Gasteiger partial charge is 0.434 e. The molecule has 0 heterocycles. The second kappa shape index (κ2) is 4.12. The van der Waals surface area contributed by atoms with Gasteiger partial charge in [0, 0.05) is 6.72 Å². The van der Waals surface area contributed by atoms with Crippen molar-refractivity contribution in [2.24, 2.45) is 4.40 Å². The van der Waals surface area contributed by atoms with Crippen molar-refractivity contribution in [1.82, 2.24) is 0 Å². The molecule has 0 unspecified atom stereocenters. The molecule has 0 fully saturated rings. The Hall–Kier alpha value is -0.850. The number of thiol groups is 1. The van der Waals surface area contributed by atoms with E-state index >= 15 is 0 Å². The van der Waals surface area contributed by atoms with Crippen molar-refractivity contribution >= 4 is 27.4 Å². The SMILES string of the molecule is C=NS(=O)(=O)C(F)(F)C(F)(F)C(F)(F)[SH](=O)=O. The van der Waals surface area contributed by atoms with Crippen LogP contribution in [0.5, 0.6) is 0 Å². The van der Waals surface area contributed by atoms with Gasteiger partial charge in [-0.2, -0.15) is 39.2 Å². The molecule has 0 spiro atoms. The first kappa shape index (κ1) is 16.1. The van der Waals surface area contributed by atoms with Gasteiger partial charge in [-0.25, -0.2) is 8.42 Å². The molecule has 0 amide bonds. The van der Waals surface area contributed by atoms with E-state index in [0.29, 0.717) is 0 Å². The van der Waals surface area contributed by atoms with E-state index in [1.54, 1.807) is 4.40 Å². The summed E-state index contributed by atoms with van der Waals surface area (Å²) in [4.78, 5) is 0. The van der Waals surface area contributed by atoms with Gasteiger partial charge in [-0.3, -0.25) is 0 Å². The summed E-state index contributed by atoms with van der Waals surface area (Å²) in [6, 6.07) is 0. The van der Waals surface area contributed by atoms with Gasteiger partial charge in [0.15, 0.2) is 0 Å². The van der Waals surface area contributed by atoms with Gasteiger partial charge in [0.05, 0.1) is 0 Å². The highest BCUT2D eigenvalue weighted by Gasteiger charge is 2.79. The third kappa shape index (κ3) is 2.12. The molecule has 0 atom stereocenters. The molecule has 0 saturated carbocycles. The zero-order chi connectivity index (χ0) is 14.3. The van der Waals surface area contributed by atoms with Gasteiger partial charge >= 0.3 is 26.5 Å². The molecule has 0 aromatic heterocycles. The molecule has 0 aromatic rings. The summed E-state index contributed by atoms with van der Waals surface area (Å²) in [7, 11) is -11.7. The second-order valence-electron chi connectivity index (χ2n) is 2.49. The predicted molar refractivity (Wildman–Crippen MR) is 43.6 cm³/mol. The first-order chi connectivity index (χ1) is 7.25. The Balaban J connectivity index is 6.05. The molecule has 0 bridgehead atoms. The van der Waals surface area contributed by atoms with Crippen molar-refractivity contribution in [3.05, 3.63) is 0 Å². The minimum Gasteiger partial charge on any atom is -0.225 e. The minimum atomic E-state index is -6.69. The Morgan fingerprint density at radius 2 is 1.35 bits per heavy atom. The molecule has 102 valence electrons. The molecule has 0 aliphatic heterocycles. The van der Waals surface area contributed by atoms with Crippen molar-refractivity contribution in [1.29, 1.82) is 0 Å². The second-order valence-corrected chi connectivity index (χ2v) is 5.29. The smallest absolute Gasteiger partial charge is 0.225 e. The van der Waals surface area contributed by atoms with Crippen LogP contribution in [0, 0.1) is 0 Å². The summed E-state index contributed by atoms with van der Waals surface area (Å²) >= 11 is 0. The zero-order valence-corrected chi connectivity index (χ0v) is 9.12. The van der Waals surface area contributed by atoms with Crippen LogP contribution in [0.15, 0.2) is 4.40 Å². The third-order valence-electron chi connectivity index (χ3n) is 1.47. The number of hydrogen-bond donors (Lipinski definition) is 1. The van der Waals surface area contributed by atoms with Crippen LogP contribution in [0.25, 0.3) is 0 Å². The molecule has 0 N–H and O–H groups in total. The molecule has 0 radical (unpaired) electrons. The summed E-state index contributed by atoms with van der Waals surface area (Å²) in [5, 5.41) is -12.7. The third-order valence-corrected chi connectivity index (χ3v) is 3.45. The van der Waals surface area contributed by atoms with Crippen molar-refractivity contribution < 1.29 is 43.2 Å². The molecule has 17 heavy (non-hydrogen) atoms. The highest BCUT2D eigenvalue weighted by atomic mass is 32.2. The zero-order valence-electron chi connectivity index (χ0n) is 7.41. The maximum absolute atomic E-state index is 12.6. The Morgan fingerprint density at radius 1 is 1.00 bits per heavy atom. The van der Waals surface area contributed by atoms with Crippen molar-refractivity contribution in [2.75, 3.05) is 0 Å². The minimum absolute atomic E-state index is 1.59. The van der Waals surface area contributed by atoms with Gasteiger partial charge in [0.2, 0.25) is 10.7 Å². The first-order valence-corrected chi connectivity index (χ1v) is 5.88. The van der Waals surface area contributed by atoms with Crippen LogP contribution >= 0.6 is 0 Å². The molecule has 13 heteroatoms. The lowest BCUT2D eigenvalue weighted by Crippen LogP contribution is -2.57. The Bertz CT molecular complexity index is 486. The standard InChI is InChI=1S/C4H3F6NO4S2/c1-11-17(14,15)4(9,10)2(5,6)3(7,8)16(12)13/h16H,1H2. The number of nitrogens with zero attached hydrogens (tertiary/aromatic N) is 1. The van der Waals surface area contributed by atoms with E-state index in [0.717, 1.165) is 0 Å². The number of hydrogen-bond acceptors (Lipinski definition) is 4. The summed E-state index contributed by atoms with van der Waals surface area (Å²) in [5.74, 6) is -6.69. The normalized spacial score (nSPS) is 15.0. The number of rotatable bonds is 5. The van der Waals surface area contributed by atoms with Crippen molar-refractivity contribution in [3.8, 4) is 0 Å². The average Bonchev–Trinajstić information content (AvgIpc) is 2.16. The van der Waals surface area contributed by atoms with E-state index in [2.05, 4.69) is 0 Å². The Kier molecular flexibility index (Phi) is 3.91. The van der Waals surface area contributed by atoms with Gasteiger partial charge in [-0.1, -0.05) is 0 Å². The molecule has 5 nitrogen and oxygen atoms in total. The van der Waals surface area contributed by atoms with Crippen LogP contribution in [0.4, 0.5) is 26.3 Å². The molecule has 0 rings (SSSR count). The average molecular weight is 307 g/mol. The topological polar surface area (TPSA) is 80.6 Å². The fourth-order valence-corrected chi connectivity index (χ4v) is 1.59. The summed E-state index contributed by atoms with van der Waals surface area (Å²) < 4.78 is 117. The summed E-state index contributed by atoms with van der Waals surface area (Å²) in [5.41, 5.74) is 0. The lowest BCUT2D eigenvalue weighted by atomic mass is 10.3. The molecule has 0 aromatic carbocycles. The van der Waals surface area contributed by atoms with E-state index in [4.69, 9.17) is 0 Å². The van der Waals surface area contributed by atoms with Crippen LogP contribution in [0.1, 0.15) is 0 Å². The molecule has 0 aliphatic carbocycles. The van der Waals surface area contributed by atoms with E-state index in [1.807, 2.05) is 6.72 Å². The Morgan fingerprint density at radius 3 is 1.59 bits per heavy atom. The van der Waals surface area contributed by atoms with Gasteiger partial charge in [0.1, 0.15) is 0 Å². The Labute approximate surface area is 92.1 Å². The van der Waals surface area contributed by atoms with Gasteiger partial charge in [-0.15, -0.1) is 0 Å². The monoisotopic (exact) mass is 307 g/mol. The van der Waals surface area contributed by atoms with E-state index in [9.17, 15) is 43.2 Å². The van der Waals surface area contributed by atoms with Crippen LogP contribution in [0.2, 0.25) is 0 Å². The molecular formula is C4H3F6NO4S2. The summed E-state index contributed by atoms with van der Waals surface area (Å²) in [6.07, 6.45) is 0. The van der Waals surface area contributed by atoms with Gasteiger partial charge < -0.3 is 0 Å². The van der Waals surface area contributed by atoms with Gasteiger partial charge in [0.25, 0.3) is 0 Å². The number of sulfonamides is 1. The highest BCUT2D eigenvalue weighted by Crippen LogP contribution is 2.49. The van der Waals surface area contributed by atoms with E-state index < -0.39 is 37.2 Å². The molecule has 0 aliphatic rings. The lowest BCUT2D eigenvalue weighted by molar-refractivity contribution is -0.242. The van der Waals surface area contributed by atoms with Crippen molar-refractivity contribution in [2.45, 2.75) is 16.4 Å². The van der Waals surface area contributed by atoms with Crippen molar-refractivity contribution in [3.63, 3.8) is 0 Å². The fraction of sp³-hybridized carbons (Fsp3) is 0.750. The summed E-state index contributed by atoms with van der Waals surface area (Å²) in [6.45, 7) is 1.99. The van der Waals surface area contributed by atoms with Crippen LogP contribution in [-0.4, -0.2) is 40.0 Å². The lowest BCUT2D eigenvalue weighted by Gasteiger charge is -2.27. The van der Waals surface area contributed by atoms with Crippen LogP contribution < -0.4 is 0 Å². The van der Waals surface area contributed by atoms with E-state index in [1.165, 1.54) is 0 Å². The quantitative estimate of drug-likeness (QED) is 0.454. The van der Waals surface area contributed by atoms with Gasteiger partial charge in [-0.05, 0) is 0 Å². The van der Waals surface area contributed by atoms with Crippen LogP contribution in [0.3, 0.4) is 0 Å². The molecule has 0 saturated heterocycles. The maximum Gasteiger partial charge on any atom is 0.434 e. The highest BCUT2D eigenvalue weighted by molar-refractivity contribution is 7.91. The maximum atomic E-state index is 12.6. The van der Waals surface area contributed by atoms with Crippen LogP contribution in [-0.2, 0) is 20.7 Å². The predicted octanol–water partition coefficient (Wildman–Crippen LogP) is 0.449. The number of halogens is 6.